The Morgan fingerprint density at radius 2 is 1.84 bits per heavy atom. The topological polar surface area (TPSA) is 56.1 Å². The molecule has 1 heterocycles. The number of para-hydroxylation sites is 3. The summed E-state index contributed by atoms with van der Waals surface area (Å²) in [5, 5.41) is 3.16. The van der Waals surface area contributed by atoms with Crippen molar-refractivity contribution in [1.29, 1.82) is 0 Å². The standard InChI is InChI=1S/C27H35N3O2/c1-21-11-5-8-16-25(21)32-20-10-9-19-30-24-15-7-6-14-23(24)29-26(30)17-18-28-27(31)22-12-3-2-4-13-22/h5-8,11,14-16,22H,2-4,9-10,12-13,17-20H2,1H3,(H,28,31). The van der Waals surface area contributed by atoms with E-state index >= 15 is 0 Å². The zero-order valence-electron chi connectivity index (χ0n) is 19.2. The molecule has 0 radical (unpaired) electrons. The van der Waals surface area contributed by atoms with Crippen LogP contribution in [-0.4, -0.2) is 28.6 Å². The predicted molar refractivity (Wildman–Crippen MR) is 129 cm³/mol. The van der Waals surface area contributed by atoms with Crippen molar-refractivity contribution in [2.75, 3.05) is 13.2 Å². The number of imidazole rings is 1. The first-order chi connectivity index (χ1) is 15.7. The van der Waals surface area contributed by atoms with Crippen LogP contribution in [0, 0.1) is 12.8 Å². The number of unbranched alkanes of at least 4 members (excludes halogenated alkanes) is 1. The molecule has 0 saturated heterocycles. The van der Waals surface area contributed by atoms with E-state index in [9.17, 15) is 4.79 Å². The number of hydrogen-bond acceptors (Lipinski definition) is 3. The van der Waals surface area contributed by atoms with Gasteiger partial charge in [0.25, 0.3) is 0 Å². The predicted octanol–water partition coefficient (Wildman–Crippen LogP) is 5.44. The van der Waals surface area contributed by atoms with Crippen molar-refractivity contribution >= 4 is 16.9 Å². The van der Waals surface area contributed by atoms with Crippen molar-refractivity contribution in [2.24, 2.45) is 5.92 Å². The number of nitrogens with zero attached hydrogens (tertiary/aromatic N) is 2. The lowest BCUT2D eigenvalue weighted by Gasteiger charge is -2.20. The van der Waals surface area contributed by atoms with Gasteiger partial charge in [0.05, 0.1) is 17.6 Å². The van der Waals surface area contributed by atoms with Gasteiger partial charge in [0.1, 0.15) is 11.6 Å². The fourth-order valence-corrected chi connectivity index (χ4v) is 4.64. The van der Waals surface area contributed by atoms with Gasteiger partial charge >= 0.3 is 0 Å². The molecule has 1 aliphatic carbocycles. The molecule has 1 fully saturated rings. The minimum atomic E-state index is 0.204. The van der Waals surface area contributed by atoms with Gasteiger partial charge in [0.15, 0.2) is 0 Å². The van der Waals surface area contributed by atoms with E-state index in [0.717, 1.165) is 55.7 Å². The molecular formula is C27H35N3O2. The van der Waals surface area contributed by atoms with Gasteiger partial charge in [0.2, 0.25) is 5.91 Å². The molecule has 4 rings (SSSR count). The van der Waals surface area contributed by atoms with Gasteiger partial charge in [-0.25, -0.2) is 4.98 Å². The van der Waals surface area contributed by atoms with Crippen molar-refractivity contribution in [3.05, 3.63) is 59.9 Å². The lowest BCUT2D eigenvalue weighted by molar-refractivity contribution is -0.125. The molecule has 170 valence electrons. The Bertz CT molecular complexity index is 1020. The Labute approximate surface area is 191 Å². The SMILES string of the molecule is Cc1ccccc1OCCCCn1c(CCNC(=O)C2CCCCC2)nc2ccccc21. The highest BCUT2D eigenvalue weighted by molar-refractivity contribution is 5.78. The van der Waals surface area contributed by atoms with Crippen molar-refractivity contribution in [2.45, 2.75) is 64.8 Å². The molecule has 1 saturated carbocycles. The Morgan fingerprint density at radius 3 is 2.69 bits per heavy atom. The van der Waals surface area contributed by atoms with Crippen LogP contribution in [0.15, 0.2) is 48.5 Å². The quantitative estimate of drug-likeness (QED) is 0.433. The van der Waals surface area contributed by atoms with Crippen LogP contribution >= 0.6 is 0 Å². The summed E-state index contributed by atoms with van der Waals surface area (Å²) in [5.74, 6) is 2.45. The monoisotopic (exact) mass is 433 g/mol. The summed E-state index contributed by atoms with van der Waals surface area (Å²) in [6.07, 6.45) is 8.47. The molecule has 0 bridgehead atoms. The number of carbonyl (C=O) groups is 1. The summed E-state index contributed by atoms with van der Waals surface area (Å²) in [5.41, 5.74) is 3.36. The molecule has 2 aromatic carbocycles. The van der Waals surface area contributed by atoms with Gasteiger partial charge in [-0.05, 0) is 56.4 Å². The molecule has 0 unspecified atom stereocenters. The normalized spacial score (nSPS) is 14.5. The number of aromatic nitrogens is 2. The molecule has 1 N–H and O–H groups in total. The molecule has 1 aromatic heterocycles. The van der Waals surface area contributed by atoms with Crippen molar-refractivity contribution < 1.29 is 9.53 Å². The lowest BCUT2D eigenvalue weighted by Crippen LogP contribution is -2.33. The Balaban J connectivity index is 1.30. The molecule has 32 heavy (non-hydrogen) atoms. The molecule has 5 heteroatoms. The highest BCUT2D eigenvalue weighted by Gasteiger charge is 2.20. The van der Waals surface area contributed by atoms with Crippen LogP contribution in [0.5, 0.6) is 5.75 Å². The summed E-state index contributed by atoms with van der Waals surface area (Å²) < 4.78 is 8.27. The number of ether oxygens (including phenoxy) is 1. The van der Waals surface area contributed by atoms with Gasteiger partial charge < -0.3 is 14.6 Å². The van der Waals surface area contributed by atoms with Gasteiger partial charge in [-0.15, -0.1) is 0 Å². The zero-order chi connectivity index (χ0) is 22.2. The minimum absolute atomic E-state index is 0.204. The van der Waals surface area contributed by atoms with Crippen LogP contribution < -0.4 is 10.1 Å². The van der Waals surface area contributed by atoms with Crippen LogP contribution in [0.4, 0.5) is 0 Å². The summed E-state index contributed by atoms with van der Waals surface area (Å²) in [7, 11) is 0. The third kappa shape index (κ3) is 5.70. The van der Waals surface area contributed by atoms with E-state index in [1.807, 2.05) is 24.3 Å². The second-order valence-electron chi connectivity index (χ2n) is 8.87. The fourth-order valence-electron chi connectivity index (χ4n) is 4.64. The Kier molecular flexibility index (Phi) is 7.81. The van der Waals surface area contributed by atoms with E-state index in [1.165, 1.54) is 30.3 Å². The smallest absolute Gasteiger partial charge is 0.223 e. The fraction of sp³-hybridized carbons (Fsp3) is 0.481. The number of aryl methyl sites for hydroxylation is 2. The van der Waals surface area contributed by atoms with Crippen LogP contribution in [-0.2, 0) is 17.8 Å². The minimum Gasteiger partial charge on any atom is -0.493 e. The number of nitrogens with one attached hydrogen (secondary N) is 1. The summed E-state index contributed by atoms with van der Waals surface area (Å²) in [6, 6.07) is 16.4. The highest BCUT2D eigenvalue weighted by Crippen LogP contribution is 2.24. The van der Waals surface area contributed by atoms with Crippen LogP contribution in [0.3, 0.4) is 0 Å². The van der Waals surface area contributed by atoms with Crippen molar-refractivity contribution in [3.8, 4) is 5.75 Å². The van der Waals surface area contributed by atoms with Gasteiger partial charge in [-0.3, -0.25) is 4.79 Å². The number of benzene rings is 2. The average molecular weight is 434 g/mol. The summed E-state index contributed by atoms with van der Waals surface area (Å²) in [6.45, 7) is 4.34. The maximum atomic E-state index is 12.5. The van der Waals surface area contributed by atoms with E-state index in [2.05, 4.69) is 41.1 Å². The number of fused-ring (bicyclic) bond motifs is 1. The zero-order valence-corrected chi connectivity index (χ0v) is 19.2. The molecule has 5 nitrogen and oxygen atoms in total. The molecule has 1 amide bonds. The second kappa shape index (κ2) is 11.2. The van der Waals surface area contributed by atoms with E-state index < -0.39 is 0 Å². The van der Waals surface area contributed by atoms with Crippen molar-refractivity contribution in [3.63, 3.8) is 0 Å². The third-order valence-electron chi connectivity index (χ3n) is 6.48. The first kappa shape index (κ1) is 22.4. The molecule has 0 atom stereocenters. The Hall–Kier alpha value is -2.82. The first-order valence-electron chi connectivity index (χ1n) is 12.1. The number of carbonyl (C=O) groups excluding carboxylic acids is 1. The average Bonchev–Trinajstić information content (AvgIpc) is 3.18. The van der Waals surface area contributed by atoms with Crippen LogP contribution in [0.1, 0.15) is 56.3 Å². The van der Waals surface area contributed by atoms with E-state index in [0.29, 0.717) is 13.2 Å². The molecule has 1 aliphatic rings. The molecular weight excluding hydrogens is 398 g/mol. The second-order valence-corrected chi connectivity index (χ2v) is 8.87. The lowest BCUT2D eigenvalue weighted by atomic mass is 9.89. The van der Waals surface area contributed by atoms with Crippen LogP contribution in [0.25, 0.3) is 11.0 Å². The Morgan fingerprint density at radius 1 is 1.06 bits per heavy atom. The third-order valence-corrected chi connectivity index (χ3v) is 6.48. The summed E-state index contributed by atoms with van der Waals surface area (Å²) >= 11 is 0. The molecule has 0 aliphatic heterocycles. The maximum Gasteiger partial charge on any atom is 0.223 e. The largest absolute Gasteiger partial charge is 0.493 e. The van der Waals surface area contributed by atoms with Gasteiger partial charge in [-0.2, -0.15) is 0 Å². The van der Waals surface area contributed by atoms with Gasteiger partial charge in [0, 0.05) is 25.4 Å². The molecule has 0 spiro atoms. The van der Waals surface area contributed by atoms with E-state index in [1.54, 1.807) is 0 Å². The number of rotatable bonds is 10. The molecule has 3 aromatic rings. The van der Waals surface area contributed by atoms with E-state index in [-0.39, 0.29) is 11.8 Å². The number of hydrogen-bond donors (Lipinski definition) is 1. The van der Waals surface area contributed by atoms with Crippen molar-refractivity contribution in [1.82, 2.24) is 14.9 Å². The van der Waals surface area contributed by atoms with E-state index in [4.69, 9.17) is 9.72 Å². The maximum absolute atomic E-state index is 12.5. The summed E-state index contributed by atoms with van der Waals surface area (Å²) in [4.78, 5) is 17.3. The number of amides is 1. The van der Waals surface area contributed by atoms with Crippen LogP contribution in [0.2, 0.25) is 0 Å². The first-order valence-corrected chi connectivity index (χ1v) is 12.1. The highest BCUT2D eigenvalue weighted by atomic mass is 16.5. The van der Waals surface area contributed by atoms with Gasteiger partial charge in [-0.1, -0.05) is 49.6 Å².